The molecule has 1 fully saturated rings. The molecule has 0 aromatic carbocycles. The second-order valence-corrected chi connectivity index (χ2v) is 8.38. The van der Waals surface area contributed by atoms with Crippen molar-refractivity contribution in [2.75, 3.05) is 20.6 Å². The Kier molecular flexibility index (Phi) is 4.32. The van der Waals surface area contributed by atoms with Crippen molar-refractivity contribution in [3.63, 3.8) is 0 Å². The molecule has 19 heavy (non-hydrogen) atoms. The van der Waals surface area contributed by atoms with Crippen LogP contribution in [0.4, 0.5) is 0 Å². The molecule has 1 aliphatic carbocycles. The topological polar surface area (TPSA) is 75.4 Å². The van der Waals surface area contributed by atoms with Crippen molar-refractivity contribution in [3.05, 3.63) is 17.0 Å². The van der Waals surface area contributed by atoms with Gasteiger partial charge in [-0.15, -0.1) is 11.3 Å². The summed E-state index contributed by atoms with van der Waals surface area (Å²) in [7, 11) is 0.604. The summed E-state index contributed by atoms with van der Waals surface area (Å²) < 4.78 is 27.5. The van der Waals surface area contributed by atoms with Crippen LogP contribution >= 0.6 is 11.3 Å². The number of rotatable bonds is 6. The molecular weight excluding hydrogens is 282 g/mol. The largest absolute Gasteiger partial charge is 0.326 e. The third-order valence-corrected chi connectivity index (χ3v) is 6.93. The first-order chi connectivity index (χ1) is 8.89. The first-order valence-electron chi connectivity index (χ1n) is 6.35. The molecule has 0 amide bonds. The van der Waals surface area contributed by atoms with Gasteiger partial charge in [-0.05, 0) is 45.5 Å². The van der Waals surface area contributed by atoms with Gasteiger partial charge in [0.1, 0.15) is 4.21 Å². The fourth-order valence-electron chi connectivity index (χ4n) is 2.28. The molecule has 0 unspecified atom stereocenters. The molecule has 1 aromatic heterocycles. The van der Waals surface area contributed by atoms with Gasteiger partial charge in [-0.3, -0.25) is 0 Å². The van der Waals surface area contributed by atoms with Gasteiger partial charge in [-0.1, -0.05) is 0 Å². The molecule has 5 nitrogen and oxygen atoms in total. The highest BCUT2D eigenvalue weighted by molar-refractivity contribution is 7.91. The molecule has 0 atom stereocenters. The van der Waals surface area contributed by atoms with E-state index >= 15 is 0 Å². The zero-order chi connectivity index (χ0) is 14.1. The maximum Gasteiger partial charge on any atom is 0.250 e. The van der Waals surface area contributed by atoms with E-state index in [0.717, 1.165) is 24.1 Å². The Morgan fingerprint density at radius 2 is 2.11 bits per heavy atom. The summed E-state index contributed by atoms with van der Waals surface area (Å²) in [5.41, 5.74) is 5.50. The van der Waals surface area contributed by atoms with Crippen LogP contribution in [0.2, 0.25) is 0 Å². The summed E-state index contributed by atoms with van der Waals surface area (Å²) in [5, 5.41) is 0. The Labute approximate surface area is 118 Å². The van der Waals surface area contributed by atoms with Crippen molar-refractivity contribution in [3.8, 4) is 0 Å². The predicted octanol–water partition coefficient (Wildman–Crippen LogP) is 0.969. The highest BCUT2D eigenvalue weighted by Crippen LogP contribution is 2.35. The second-order valence-electron chi connectivity index (χ2n) is 5.22. The number of thiophene rings is 1. The maximum absolute atomic E-state index is 12.2. The van der Waals surface area contributed by atoms with E-state index < -0.39 is 10.0 Å². The summed E-state index contributed by atoms with van der Waals surface area (Å²) >= 11 is 1.24. The number of nitrogens with one attached hydrogen (secondary N) is 1. The lowest BCUT2D eigenvalue weighted by molar-refractivity contribution is 0.0657. The zero-order valence-electron chi connectivity index (χ0n) is 11.3. The molecular formula is C12H21N3O2S2. The van der Waals surface area contributed by atoms with Crippen LogP contribution < -0.4 is 10.5 Å². The lowest BCUT2D eigenvalue weighted by Gasteiger charge is -2.47. The number of nitrogens with zero attached hydrogens (tertiary/aromatic N) is 1. The number of hydrogen-bond acceptors (Lipinski definition) is 5. The standard InChI is InChI=1S/C12H21N3O2S2/c1-15(2)12(6-3-7-12)9-14-19(16,17)11-5-4-10(8-13)18-11/h4-5,14H,3,6-9,13H2,1-2H3. The molecule has 0 spiro atoms. The first-order valence-corrected chi connectivity index (χ1v) is 8.65. The molecule has 1 aromatic rings. The van der Waals surface area contributed by atoms with E-state index in [-0.39, 0.29) is 5.54 Å². The van der Waals surface area contributed by atoms with E-state index in [4.69, 9.17) is 5.73 Å². The third kappa shape index (κ3) is 3.00. The van der Waals surface area contributed by atoms with Crippen LogP contribution in [0.15, 0.2) is 16.3 Å². The zero-order valence-corrected chi connectivity index (χ0v) is 13.0. The summed E-state index contributed by atoms with van der Waals surface area (Å²) in [6, 6.07) is 3.39. The minimum Gasteiger partial charge on any atom is -0.326 e. The smallest absolute Gasteiger partial charge is 0.250 e. The van der Waals surface area contributed by atoms with Crippen LogP contribution in [-0.2, 0) is 16.6 Å². The van der Waals surface area contributed by atoms with E-state index in [1.807, 2.05) is 14.1 Å². The Bertz CT molecular complexity index is 533. The third-order valence-electron chi connectivity index (χ3n) is 3.93. The fourth-order valence-corrected chi connectivity index (χ4v) is 4.68. The quantitative estimate of drug-likeness (QED) is 0.821. The van der Waals surface area contributed by atoms with Crippen LogP contribution in [0.3, 0.4) is 0 Å². The monoisotopic (exact) mass is 303 g/mol. The molecule has 2 rings (SSSR count). The van der Waals surface area contributed by atoms with Crippen LogP contribution in [-0.4, -0.2) is 39.5 Å². The summed E-state index contributed by atoms with van der Waals surface area (Å²) in [5.74, 6) is 0. The van der Waals surface area contributed by atoms with E-state index in [9.17, 15) is 8.42 Å². The normalized spacial score (nSPS) is 18.5. The second kappa shape index (κ2) is 5.49. The highest BCUT2D eigenvalue weighted by Gasteiger charge is 2.39. The van der Waals surface area contributed by atoms with E-state index in [2.05, 4.69) is 9.62 Å². The lowest BCUT2D eigenvalue weighted by Crippen LogP contribution is -2.57. The average Bonchev–Trinajstić information content (AvgIpc) is 2.76. The first kappa shape index (κ1) is 14.9. The highest BCUT2D eigenvalue weighted by atomic mass is 32.2. The van der Waals surface area contributed by atoms with E-state index in [0.29, 0.717) is 17.3 Å². The summed E-state index contributed by atoms with van der Waals surface area (Å²) in [6.07, 6.45) is 3.25. The molecule has 0 bridgehead atoms. The minimum absolute atomic E-state index is 0.0129. The van der Waals surface area contributed by atoms with Crippen LogP contribution in [0, 0.1) is 0 Å². The van der Waals surface area contributed by atoms with Gasteiger partial charge in [0.15, 0.2) is 0 Å². The predicted molar refractivity (Wildman–Crippen MR) is 77.7 cm³/mol. The molecule has 1 aliphatic rings. The molecule has 1 saturated carbocycles. The number of nitrogens with two attached hydrogens (primary N) is 1. The van der Waals surface area contributed by atoms with Gasteiger partial charge in [-0.25, -0.2) is 13.1 Å². The van der Waals surface area contributed by atoms with Crippen molar-refractivity contribution < 1.29 is 8.42 Å². The molecule has 1 heterocycles. The Balaban J connectivity index is 2.05. The van der Waals surface area contributed by atoms with Gasteiger partial charge in [-0.2, -0.15) is 0 Å². The van der Waals surface area contributed by atoms with Gasteiger partial charge in [0, 0.05) is 23.5 Å². The fraction of sp³-hybridized carbons (Fsp3) is 0.667. The summed E-state index contributed by atoms with van der Waals surface area (Å²) in [6.45, 7) is 0.847. The van der Waals surface area contributed by atoms with Crippen molar-refractivity contribution in [2.24, 2.45) is 5.73 Å². The van der Waals surface area contributed by atoms with Crippen molar-refractivity contribution >= 4 is 21.4 Å². The number of sulfonamides is 1. The van der Waals surface area contributed by atoms with Gasteiger partial charge in [0.25, 0.3) is 0 Å². The average molecular weight is 303 g/mol. The number of hydrogen-bond donors (Lipinski definition) is 2. The van der Waals surface area contributed by atoms with Gasteiger partial charge in [0.2, 0.25) is 10.0 Å². The SMILES string of the molecule is CN(C)C1(CNS(=O)(=O)c2ccc(CN)s2)CCC1. The van der Waals surface area contributed by atoms with Gasteiger partial charge < -0.3 is 10.6 Å². The molecule has 0 radical (unpaired) electrons. The molecule has 3 N–H and O–H groups in total. The van der Waals surface area contributed by atoms with Crippen molar-refractivity contribution in [1.29, 1.82) is 0 Å². The van der Waals surface area contributed by atoms with Crippen LogP contribution in [0.25, 0.3) is 0 Å². The minimum atomic E-state index is -3.41. The molecule has 108 valence electrons. The van der Waals surface area contributed by atoms with E-state index in [1.54, 1.807) is 12.1 Å². The Morgan fingerprint density at radius 1 is 1.42 bits per heavy atom. The summed E-state index contributed by atoms with van der Waals surface area (Å²) in [4.78, 5) is 3.00. The Hall–Kier alpha value is -0.470. The maximum atomic E-state index is 12.2. The van der Waals surface area contributed by atoms with E-state index in [1.165, 1.54) is 11.3 Å². The van der Waals surface area contributed by atoms with Gasteiger partial charge in [0.05, 0.1) is 0 Å². The molecule has 0 saturated heterocycles. The molecule has 7 heteroatoms. The van der Waals surface area contributed by atoms with Crippen LogP contribution in [0.5, 0.6) is 0 Å². The van der Waals surface area contributed by atoms with Crippen molar-refractivity contribution in [2.45, 2.75) is 35.6 Å². The van der Waals surface area contributed by atoms with Crippen molar-refractivity contribution in [1.82, 2.24) is 9.62 Å². The lowest BCUT2D eigenvalue weighted by atomic mass is 9.76. The Morgan fingerprint density at radius 3 is 2.53 bits per heavy atom. The number of likely N-dealkylation sites (N-methyl/N-ethyl adjacent to an activating group) is 1. The van der Waals surface area contributed by atoms with Crippen LogP contribution in [0.1, 0.15) is 24.1 Å². The molecule has 0 aliphatic heterocycles. The van der Waals surface area contributed by atoms with Gasteiger partial charge >= 0.3 is 0 Å².